The molecule has 0 bridgehead atoms. The minimum absolute atomic E-state index is 0.0377. The van der Waals surface area contributed by atoms with Crippen molar-refractivity contribution in [2.75, 3.05) is 16.8 Å². The Morgan fingerprint density at radius 3 is 2.60 bits per heavy atom. The van der Waals surface area contributed by atoms with Gasteiger partial charge in [0.1, 0.15) is 0 Å². The van der Waals surface area contributed by atoms with Gasteiger partial charge in [-0.2, -0.15) is 0 Å². The summed E-state index contributed by atoms with van der Waals surface area (Å²) in [5, 5.41) is 2.92. The van der Waals surface area contributed by atoms with Crippen LogP contribution in [0.4, 0.5) is 11.4 Å². The highest BCUT2D eigenvalue weighted by molar-refractivity contribution is 6.20. The average Bonchev–Trinajstić information content (AvgIpc) is 3.26. The largest absolute Gasteiger partial charge is 0.470 e. The van der Waals surface area contributed by atoms with Crippen LogP contribution in [0.3, 0.4) is 0 Å². The second-order valence-corrected chi connectivity index (χ2v) is 7.34. The first kappa shape index (κ1) is 19.7. The third-order valence-electron chi connectivity index (χ3n) is 5.17. The summed E-state index contributed by atoms with van der Waals surface area (Å²) in [4.78, 5) is 39.6. The van der Waals surface area contributed by atoms with Gasteiger partial charge in [-0.3, -0.25) is 9.59 Å². The Morgan fingerprint density at radius 2 is 1.83 bits per heavy atom. The van der Waals surface area contributed by atoms with Crippen LogP contribution in [0.25, 0.3) is 0 Å². The molecule has 30 heavy (non-hydrogen) atoms. The van der Waals surface area contributed by atoms with Gasteiger partial charge in [-0.1, -0.05) is 36.4 Å². The minimum Gasteiger partial charge on any atom is -0.470 e. The van der Waals surface area contributed by atoms with Crippen LogP contribution in [0.15, 0.2) is 66.1 Å². The number of carbonyl (C=O) groups excluding carboxylic acids is 3. The molecule has 1 N–H and O–H groups in total. The zero-order valence-corrected chi connectivity index (χ0v) is 16.8. The number of esters is 1. The molecule has 7 heteroatoms. The first-order chi connectivity index (χ1) is 14.5. The second-order valence-electron chi connectivity index (χ2n) is 7.34. The number of amides is 1. The number of nitrogens with one attached hydrogen (secondary N) is 1. The van der Waals surface area contributed by atoms with E-state index in [-0.39, 0.29) is 30.0 Å². The molecule has 0 aliphatic carbocycles. The lowest BCUT2D eigenvalue weighted by atomic mass is 10.1. The molecule has 154 valence electrons. The van der Waals surface area contributed by atoms with Gasteiger partial charge in [0.05, 0.1) is 0 Å². The van der Waals surface area contributed by atoms with Crippen molar-refractivity contribution in [2.24, 2.45) is 0 Å². The maximum atomic E-state index is 13.0. The van der Waals surface area contributed by atoms with Crippen molar-refractivity contribution in [2.45, 2.75) is 32.4 Å². The molecule has 7 nitrogen and oxygen atoms in total. The topological polar surface area (TPSA) is 84.9 Å². The molecule has 2 atom stereocenters. The number of carbonyl (C=O) groups is 3. The standard InChI is InChI=1S/C23H22N2O5/c1-14-12-16-8-6-7-11-18(16)25(14)22(27)15(2)30-23(28)20-19(26)13-29-21(20)24-17-9-4-3-5-10-17/h3-11,14-15,24H,12-13H2,1-2H3/t14-,15-/m1/s1. The summed E-state index contributed by atoms with van der Waals surface area (Å²) in [6, 6.07) is 16.7. The zero-order valence-electron chi connectivity index (χ0n) is 16.8. The van der Waals surface area contributed by atoms with Crippen molar-refractivity contribution < 1.29 is 23.9 Å². The van der Waals surface area contributed by atoms with Gasteiger partial charge in [-0.15, -0.1) is 0 Å². The van der Waals surface area contributed by atoms with Crippen molar-refractivity contribution in [3.05, 3.63) is 71.6 Å². The highest BCUT2D eigenvalue weighted by Gasteiger charge is 2.37. The molecule has 2 heterocycles. The van der Waals surface area contributed by atoms with Crippen LogP contribution in [0.5, 0.6) is 0 Å². The lowest BCUT2D eigenvalue weighted by Gasteiger charge is -2.26. The van der Waals surface area contributed by atoms with Gasteiger partial charge in [-0.05, 0) is 44.0 Å². The molecule has 2 aliphatic heterocycles. The van der Waals surface area contributed by atoms with Crippen LogP contribution in [-0.2, 0) is 30.3 Å². The summed E-state index contributed by atoms with van der Waals surface area (Å²) >= 11 is 0. The molecule has 0 fully saturated rings. The second kappa shape index (κ2) is 8.02. The lowest BCUT2D eigenvalue weighted by Crippen LogP contribution is -2.43. The summed E-state index contributed by atoms with van der Waals surface area (Å²) in [5.74, 6) is -1.66. The van der Waals surface area contributed by atoms with Crippen LogP contribution in [0, 0.1) is 0 Å². The Labute approximate surface area is 174 Å². The van der Waals surface area contributed by atoms with Crippen molar-refractivity contribution in [1.82, 2.24) is 0 Å². The van der Waals surface area contributed by atoms with Crippen LogP contribution in [-0.4, -0.2) is 36.4 Å². The number of ether oxygens (including phenoxy) is 2. The Bertz CT molecular complexity index is 1030. The molecular weight excluding hydrogens is 384 g/mol. The maximum Gasteiger partial charge on any atom is 0.348 e. The van der Waals surface area contributed by atoms with Crippen molar-refractivity contribution in [3.63, 3.8) is 0 Å². The number of benzene rings is 2. The van der Waals surface area contributed by atoms with Gasteiger partial charge in [0.15, 0.2) is 18.3 Å². The molecule has 2 aromatic carbocycles. The fourth-order valence-electron chi connectivity index (χ4n) is 3.73. The van der Waals surface area contributed by atoms with Crippen molar-refractivity contribution in [1.29, 1.82) is 0 Å². The van der Waals surface area contributed by atoms with Crippen molar-refractivity contribution >= 4 is 29.0 Å². The first-order valence-electron chi connectivity index (χ1n) is 9.80. The number of hydrogen-bond donors (Lipinski definition) is 1. The SMILES string of the molecule is C[C@@H]1Cc2ccccc2N1C(=O)[C@@H](C)OC(=O)C1=C(Nc2ccccc2)OCC1=O. The molecule has 0 saturated heterocycles. The number of anilines is 2. The third kappa shape index (κ3) is 3.66. The summed E-state index contributed by atoms with van der Waals surface area (Å²) in [5.41, 5.74) is 2.35. The Hall–Kier alpha value is -3.61. The number of para-hydroxylation sites is 2. The molecule has 0 spiro atoms. The van der Waals surface area contributed by atoms with E-state index in [4.69, 9.17) is 9.47 Å². The predicted molar refractivity (Wildman–Crippen MR) is 111 cm³/mol. The number of rotatable bonds is 5. The minimum atomic E-state index is -1.05. The summed E-state index contributed by atoms with van der Waals surface area (Å²) in [7, 11) is 0. The molecule has 0 radical (unpaired) electrons. The van der Waals surface area contributed by atoms with E-state index in [9.17, 15) is 14.4 Å². The Morgan fingerprint density at radius 1 is 1.13 bits per heavy atom. The smallest absolute Gasteiger partial charge is 0.348 e. The number of hydrogen-bond acceptors (Lipinski definition) is 6. The van der Waals surface area contributed by atoms with E-state index in [2.05, 4.69) is 5.32 Å². The summed E-state index contributed by atoms with van der Waals surface area (Å²) in [6.45, 7) is 3.21. The third-order valence-corrected chi connectivity index (χ3v) is 5.17. The maximum absolute atomic E-state index is 13.0. The lowest BCUT2D eigenvalue weighted by molar-refractivity contribution is -0.150. The number of nitrogens with zero attached hydrogens (tertiary/aromatic N) is 1. The van der Waals surface area contributed by atoms with Crippen LogP contribution in [0.1, 0.15) is 19.4 Å². The highest BCUT2D eigenvalue weighted by Crippen LogP contribution is 2.32. The average molecular weight is 406 g/mol. The predicted octanol–water partition coefficient (Wildman–Crippen LogP) is 2.82. The van der Waals surface area contributed by atoms with Crippen LogP contribution >= 0.6 is 0 Å². The fraction of sp³-hybridized carbons (Fsp3) is 0.261. The summed E-state index contributed by atoms with van der Waals surface area (Å²) < 4.78 is 10.7. The highest BCUT2D eigenvalue weighted by atomic mass is 16.6. The molecule has 2 aliphatic rings. The first-order valence-corrected chi connectivity index (χ1v) is 9.80. The van der Waals surface area contributed by atoms with Gasteiger partial charge in [0.25, 0.3) is 5.91 Å². The molecule has 0 unspecified atom stereocenters. The van der Waals surface area contributed by atoms with E-state index >= 15 is 0 Å². The van der Waals surface area contributed by atoms with Gasteiger partial charge in [-0.25, -0.2) is 4.79 Å². The van der Waals surface area contributed by atoms with E-state index in [0.29, 0.717) is 5.69 Å². The zero-order chi connectivity index (χ0) is 21.3. The van der Waals surface area contributed by atoms with Gasteiger partial charge < -0.3 is 19.7 Å². The van der Waals surface area contributed by atoms with E-state index in [1.54, 1.807) is 17.0 Å². The number of ketones is 1. The fourth-order valence-corrected chi connectivity index (χ4v) is 3.73. The van der Waals surface area contributed by atoms with Gasteiger partial charge in [0.2, 0.25) is 11.7 Å². The quantitative estimate of drug-likeness (QED) is 0.607. The number of fused-ring (bicyclic) bond motifs is 1. The molecule has 2 aromatic rings. The molecule has 0 saturated carbocycles. The van der Waals surface area contributed by atoms with Gasteiger partial charge in [0, 0.05) is 17.4 Å². The Kier molecular flexibility index (Phi) is 5.27. The Balaban J connectivity index is 1.50. The van der Waals surface area contributed by atoms with Crippen LogP contribution in [0.2, 0.25) is 0 Å². The van der Waals surface area contributed by atoms with Crippen molar-refractivity contribution in [3.8, 4) is 0 Å². The summed E-state index contributed by atoms with van der Waals surface area (Å²) in [6.07, 6.45) is -0.310. The van der Waals surface area contributed by atoms with E-state index < -0.39 is 17.9 Å². The number of Topliss-reactive ketones (excluding diaryl/α,β-unsaturated/α-hetero) is 1. The van der Waals surface area contributed by atoms with E-state index in [0.717, 1.165) is 17.7 Å². The molecule has 4 rings (SSSR count). The van der Waals surface area contributed by atoms with E-state index in [1.807, 2.05) is 49.4 Å². The monoisotopic (exact) mass is 406 g/mol. The molecular formula is C23H22N2O5. The molecule has 1 amide bonds. The van der Waals surface area contributed by atoms with Crippen LogP contribution < -0.4 is 10.2 Å². The van der Waals surface area contributed by atoms with Gasteiger partial charge >= 0.3 is 5.97 Å². The normalized spacial score (nSPS) is 18.7. The van der Waals surface area contributed by atoms with E-state index in [1.165, 1.54) is 6.92 Å². The molecule has 0 aromatic heterocycles.